The minimum atomic E-state index is 0.631. The van der Waals surface area contributed by atoms with E-state index in [1.807, 2.05) is 0 Å². The van der Waals surface area contributed by atoms with E-state index in [2.05, 4.69) is 39.9 Å². The second-order valence-electron chi connectivity index (χ2n) is 7.40. The van der Waals surface area contributed by atoms with Crippen LogP contribution in [-0.2, 0) is 0 Å². The molecule has 1 aliphatic carbocycles. The molecule has 0 heterocycles. The molecular weight excluding hydrogens is 218 g/mol. The summed E-state index contributed by atoms with van der Waals surface area (Å²) < 4.78 is 0. The lowest BCUT2D eigenvalue weighted by Gasteiger charge is -2.32. The van der Waals surface area contributed by atoms with Crippen molar-refractivity contribution in [1.82, 2.24) is 5.32 Å². The second kappa shape index (κ2) is 7.53. The van der Waals surface area contributed by atoms with E-state index >= 15 is 0 Å². The van der Waals surface area contributed by atoms with Crippen LogP contribution >= 0.6 is 0 Å². The van der Waals surface area contributed by atoms with E-state index in [1.165, 1.54) is 51.5 Å². The molecular formula is C17H35N. The van der Waals surface area contributed by atoms with Crippen LogP contribution < -0.4 is 5.32 Å². The lowest BCUT2D eigenvalue weighted by Crippen LogP contribution is -2.39. The van der Waals surface area contributed by atoms with E-state index in [9.17, 15) is 0 Å². The van der Waals surface area contributed by atoms with Gasteiger partial charge in [0.15, 0.2) is 0 Å². The van der Waals surface area contributed by atoms with Crippen LogP contribution in [0.25, 0.3) is 0 Å². The Kier molecular flexibility index (Phi) is 6.70. The molecule has 0 aromatic heterocycles. The zero-order chi connectivity index (χ0) is 13.6. The summed E-state index contributed by atoms with van der Waals surface area (Å²) in [6.07, 6.45) is 9.83. The largest absolute Gasteiger partial charge is 0.313 e. The van der Waals surface area contributed by atoms with Gasteiger partial charge in [0.05, 0.1) is 0 Å². The Morgan fingerprint density at radius 1 is 0.944 bits per heavy atom. The van der Waals surface area contributed by atoms with Crippen molar-refractivity contribution in [2.75, 3.05) is 6.54 Å². The predicted octanol–water partition coefficient (Wildman–Crippen LogP) is 5.01. The molecule has 0 amide bonds. The van der Waals surface area contributed by atoms with Gasteiger partial charge in [0.1, 0.15) is 0 Å². The third-order valence-corrected chi connectivity index (χ3v) is 4.69. The molecule has 1 nitrogen and oxygen atoms in total. The van der Waals surface area contributed by atoms with Gasteiger partial charge >= 0.3 is 0 Å². The molecule has 0 atom stereocenters. The molecule has 1 fully saturated rings. The molecule has 108 valence electrons. The molecule has 0 aromatic carbocycles. The summed E-state index contributed by atoms with van der Waals surface area (Å²) in [4.78, 5) is 0. The number of nitrogens with one attached hydrogen (secondary N) is 1. The summed E-state index contributed by atoms with van der Waals surface area (Å²) in [7, 11) is 0. The van der Waals surface area contributed by atoms with Crippen molar-refractivity contribution < 1.29 is 0 Å². The van der Waals surface area contributed by atoms with Crippen molar-refractivity contribution in [3.8, 4) is 0 Å². The molecule has 0 saturated heterocycles. The Morgan fingerprint density at radius 3 is 1.83 bits per heavy atom. The molecule has 0 radical (unpaired) electrons. The molecule has 0 spiro atoms. The lowest BCUT2D eigenvalue weighted by atomic mass is 9.82. The molecule has 1 rings (SSSR count). The van der Waals surface area contributed by atoms with Crippen LogP contribution in [0.4, 0.5) is 0 Å². The van der Waals surface area contributed by atoms with Crippen LogP contribution in [-0.4, -0.2) is 12.6 Å². The van der Waals surface area contributed by atoms with Crippen LogP contribution in [0.1, 0.15) is 79.6 Å². The normalized spacial score (nSPS) is 19.3. The van der Waals surface area contributed by atoms with Crippen molar-refractivity contribution in [3.63, 3.8) is 0 Å². The fourth-order valence-corrected chi connectivity index (χ4v) is 3.54. The van der Waals surface area contributed by atoms with Gasteiger partial charge in [0.2, 0.25) is 0 Å². The maximum atomic E-state index is 3.92. The highest BCUT2D eigenvalue weighted by Crippen LogP contribution is 2.40. The first-order chi connectivity index (χ1) is 8.47. The quantitative estimate of drug-likeness (QED) is 0.641. The number of hydrogen-bond acceptors (Lipinski definition) is 1. The Hall–Kier alpha value is -0.0400. The van der Waals surface area contributed by atoms with Gasteiger partial charge in [-0.1, -0.05) is 47.5 Å². The standard InChI is InChI=1S/C17H35N/c1-6-17(9-7-8-10-17)13-18-16(11-14(2)3)12-15(4)5/h14-16,18H,6-13H2,1-5H3. The van der Waals surface area contributed by atoms with E-state index in [1.54, 1.807) is 0 Å². The monoisotopic (exact) mass is 253 g/mol. The third-order valence-electron chi connectivity index (χ3n) is 4.69. The first-order valence-electron chi connectivity index (χ1n) is 8.21. The van der Waals surface area contributed by atoms with E-state index in [0.717, 1.165) is 17.9 Å². The summed E-state index contributed by atoms with van der Waals surface area (Å²) in [5.74, 6) is 1.62. The van der Waals surface area contributed by atoms with Crippen molar-refractivity contribution in [2.24, 2.45) is 17.3 Å². The SMILES string of the molecule is CCC1(CNC(CC(C)C)CC(C)C)CCCC1. The highest BCUT2D eigenvalue weighted by molar-refractivity contribution is 4.87. The molecule has 1 aliphatic rings. The van der Waals surface area contributed by atoms with E-state index in [4.69, 9.17) is 0 Å². The van der Waals surface area contributed by atoms with Gasteiger partial charge in [-0.3, -0.25) is 0 Å². The van der Waals surface area contributed by atoms with E-state index in [-0.39, 0.29) is 0 Å². The summed E-state index contributed by atoms with van der Waals surface area (Å²) in [6, 6.07) is 0.731. The van der Waals surface area contributed by atoms with Crippen LogP contribution in [0, 0.1) is 17.3 Å². The molecule has 0 unspecified atom stereocenters. The van der Waals surface area contributed by atoms with E-state index < -0.39 is 0 Å². The summed E-state index contributed by atoms with van der Waals surface area (Å²) >= 11 is 0. The topological polar surface area (TPSA) is 12.0 Å². The Bertz CT molecular complexity index is 204. The lowest BCUT2D eigenvalue weighted by molar-refractivity contribution is 0.238. The summed E-state index contributed by atoms with van der Waals surface area (Å²) in [5.41, 5.74) is 0.631. The smallest absolute Gasteiger partial charge is 0.00721 e. The average Bonchev–Trinajstić information content (AvgIpc) is 2.74. The van der Waals surface area contributed by atoms with Crippen molar-refractivity contribution in [1.29, 1.82) is 0 Å². The number of hydrogen-bond donors (Lipinski definition) is 1. The second-order valence-corrected chi connectivity index (χ2v) is 7.40. The van der Waals surface area contributed by atoms with Crippen molar-refractivity contribution in [2.45, 2.75) is 85.6 Å². The Balaban J connectivity index is 2.44. The van der Waals surface area contributed by atoms with Gasteiger partial charge in [-0.2, -0.15) is 0 Å². The fraction of sp³-hybridized carbons (Fsp3) is 1.00. The van der Waals surface area contributed by atoms with Crippen LogP contribution in [0.15, 0.2) is 0 Å². The average molecular weight is 253 g/mol. The van der Waals surface area contributed by atoms with Crippen molar-refractivity contribution >= 4 is 0 Å². The first kappa shape index (κ1) is 16.0. The maximum Gasteiger partial charge on any atom is 0.00721 e. The molecule has 1 heteroatoms. The molecule has 1 N–H and O–H groups in total. The zero-order valence-corrected chi connectivity index (χ0v) is 13.4. The fourth-order valence-electron chi connectivity index (χ4n) is 3.54. The van der Waals surface area contributed by atoms with Gasteiger partial charge < -0.3 is 5.32 Å². The van der Waals surface area contributed by atoms with Crippen LogP contribution in [0.2, 0.25) is 0 Å². The zero-order valence-electron chi connectivity index (χ0n) is 13.4. The maximum absolute atomic E-state index is 3.92. The van der Waals surface area contributed by atoms with Gasteiger partial charge in [-0.25, -0.2) is 0 Å². The molecule has 1 saturated carbocycles. The van der Waals surface area contributed by atoms with Crippen LogP contribution in [0.3, 0.4) is 0 Å². The van der Waals surface area contributed by atoms with Gasteiger partial charge in [0.25, 0.3) is 0 Å². The Morgan fingerprint density at radius 2 is 1.44 bits per heavy atom. The summed E-state index contributed by atoms with van der Waals surface area (Å²) in [5, 5.41) is 3.92. The van der Waals surface area contributed by atoms with Gasteiger partial charge in [-0.05, 0) is 49.4 Å². The minimum Gasteiger partial charge on any atom is -0.313 e. The molecule has 0 aromatic rings. The summed E-state index contributed by atoms with van der Waals surface area (Å²) in [6.45, 7) is 13.0. The first-order valence-corrected chi connectivity index (χ1v) is 8.21. The Labute approximate surface area is 115 Å². The third kappa shape index (κ3) is 5.30. The predicted molar refractivity (Wildman–Crippen MR) is 81.9 cm³/mol. The molecule has 0 aliphatic heterocycles. The van der Waals surface area contributed by atoms with Gasteiger partial charge in [-0.15, -0.1) is 0 Å². The van der Waals surface area contributed by atoms with E-state index in [0.29, 0.717) is 5.41 Å². The highest BCUT2D eigenvalue weighted by Gasteiger charge is 2.32. The number of rotatable bonds is 8. The van der Waals surface area contributed by atoms with Crippen LogP contribution in [0.5, 0.6) is 0 Å². The molecule has 18 heavy (non-hydrogen) atoms. The minimum absolute atomic E-state index is 0.631. The highest BCUT2D eigenvalue weighted by atomic mass is 14.9. The molecule has 0 bridgehead atoms. The van der Waals surface area contributed by atoms with Gasteiger partial charge in [0, 0.05) is 12.6 Å². The van der Waals surface area contributed by atoms with Crippen molar-refractivity contribution in [3.05, 3.63) is 0 Å².